The molecule has 1 unspecified atom stereocenters. The van der Waals surface area contributed by atoms with Crippen molar-refractivity contribution in [2.45, 2.75) is 6.04 Å². The zero-order valence-corrected chi connectivity index (χ0v) is 12.0. The van der Waals surface area contributed by atoms with E-state index in [9.17, 15) is 4.39 Å². The second-order valence-corrected chi connectivity index (χ2v) is 5.05. The third-order valence-electron chi connectivity index (χ3n) is 3.17. The van der Waals surface area contributed by atoms with Gasteiger partial charge >= 0.3 is 0 Å². The predicted molar refractivity (Wildman–Crippen MR) is 78.8 cm³/mol. The Balaban J connectivity index is 2.01. The van der Waals surface area contributed by atoms with Gasteiger partial charge in [0.1, 0.15) is 23.4 Å². The molecule has 0 spiro atoms. The van der Waals surface area contributed by atoms with Crippen LogP contribution in [-0.4, -0.2) is 9.55 Å². The Morgan fingerprint density at radius 2 is 2.24 bits per heavy atom. The Morgan fingerprint density at radius 1 is 1.38 bits per heavy atom. The van der Waals surface area contributed by atoms with E-state index in [1.165, 1.54) is 18.2 Å². The molecule has 0 amide bonds. The van der Waals surface area contributed by atoms with Crippen LogP contribution in [0.1, 0.15) is 17.6 Å². The summed E-state index contributed by atoms with van der Waals surface area (Å²) in [5.74, 6) is 0.971. The maximum absolute atomic E-state index is 13.9. The fourth-order valence-electron chi connectivity index (χ4n) is 2.14. The Morgan fingerprint density at radius 3 is 2.90 bits per heavy atom. The molecule has 1 atom stereocenters. The molecule has 0 aliphatic heterocycles. The smallest absolute Gasteiger partial charge is 0.146 e. The molecule has 0 aliphatic rings. The third-order valence-corrected chi connectivity index (χ3v) is 3.41. The fraction of sp³-hybridized carbons (Fsp3) is 0.133. The van der Waals surface area contributed by atoms with Gasteiger partial charge in [-0.15, -0.1) is 0 Å². The van der Waals surface area contributed by atoms with Crippen LogP contribution in [-0.2, 0) is 7.05 Å². The Bertz CT molecular complexity index is 739. The van der Waals surface area contributed by atoms with Crippen molar-refractivity contribution >= 4 is 17.3 Å². The van der Waals surface area contributed by atoms with Crippen LogP contribution in [0.3, 0.4) is 0 Å². The maximum Gasteiger partial charge on any atom is 0.146 e. The number of aromatic nitrogens is 2. The third kappa shape index (κ3) is 2.78. The first-order valence-corrected chi connectivity index (χ1v) is 6.75. The molecule has 4 nitrogen and oxygen atoms in total. The van der Waals surface area contributed by atoms with Crippen LogP contribution >= 0.6 is 11.6 Å². The SMILES string of the molecule is Cn1ccnc1C(Nc1cc(Cl)ccc1F)c1ccco1. The first-order valence-electron chi connectivity index (χ1n) is 6.37. The largest absolute Gasteiger partial charge is 0.467 e. The van der Waals surface area contributed by atoms with Gasteiger partial charge in [0.05, 0.1) is 12.0 Å². The molecule has 3 aromatic rings. The summed E-state index contributed by atoms with van der Waals surface area (Å²) in [5, 5.41) is 3.55. The van der Waals surface area contributed by atoms with E-state index in [-0.39, 0.29) is 5.82 Å². The minimum Gasteiger partial charge on any atom is -0.467 e. The highest BCUT2D eigenvalue weighted by atomic mass is 35.5. The molecule has 0 bridgehead atoms. The van der Waals surface area contributed by atoms with E-state index in [4.69, 9.17) is 16.0 Å². The molecule has 6 heteroatoms. The van der Waals surface area contributed by atoms with Crippen LogP contribution in [0.2, 0.25) is 5.02 Å². The summed E-state index contributed by atoms with van der Waals surface area (Å²) in [5.41, 5.74) is 0.298. The predicted octanol–water partition coefficient (Wildman–Crippen LogP) is 4.01. The van der Waals surface area contributed by atoms with Gasteiger partial charge in [0, 0.05) is 24.5 Å². The second kappa shape index (κ2) is 5.61. The number of benzene rings is 1. The first kappa shape index (κ1) is 13.7. The molecule has 0 aliphatic carbocycles. The van der Waals surface area contributed by atoms with Crippen molar-refractivity contribution in [3.63, 3.8) is 0 Å². The van der Waals surface area contributed by atoms with Crippen molar-refractivity contribution in [2.24, 2.45) is 7.05 Å². The standard InChI is InChI=1S/C15H13ClFN3O/c1-20-7-6-18-15(20)14(13-3-2-8-21-13)19-12-9-10(16)4-5-11(12)17/h2-9,14,19H,1H3. The van der Waals surface area contributed by atoms with E-state index in [1.54, 1.807) is 18.5 Å². The van der Waals surface area contributed by atoms with Crippen molar-refractivity contribution in [1.82, 2.24) is 9.55 Å². The molecule has 2 heterocycles. The molecular formula is C15H13ClFN3O. The molecule has 0 saturated heterocycles. The number of rotatable bonds is 4. The van der Waals surface area contributed by atoms with Gasteiger partial charge in [0.2, 0.25) is 0 Å². The van der Waals surface area contributed by atoms with Gasteiger partial charge < -0.3 is 14.3 Å². The highest BCUT2D eigenvalue weighted by Crippen LogP contribution is 2.28. The summed E-state index contributed by atoms with van der Waals surface area (Å²) < 4.78 is 21.2. The summed E-state index contributed by atoms with van der Waals surface area (Å²) in [6.45, 7) is 0. The highest BCUT2D eigenvalue weighted by molar-refractivity contribution is 6.30. The lowest BCUT2D eigenvalue weighted by Crippen LogP contribution is -2.16. The van der Waals surface area contributed by atoms with Gasteiger partial charge in [0.25, 0.3) is 0 Å². The van der Waals surface area contributed by atoms with Crippen molar-refractivity contribution in [3.05, 3.63) is 71.4 Å². The van der Waals surface area contributed by atoms with Crippen molar-refractivity contribution in [3.8, 4) is 0 Å². The number of hydrogen-bond acceptors (Lipinski definition) is 3. The normalized spacial score (nSPS) is 12.3. The first-order chi connectivity index (χ1) is 10.1. The summed E-state index contributed by atoms with van der Waals surface area (Å²) in [4.78, 5) is 4.31. The zero-order chi connectivity index (χ0) is 14.8. The van der Waals surface area contributed by atoms with E-state index >= 15 is 0 Å². The molecule has 1 aromatic carbocycles. The summed E-state index contributed by atoms with van der Waals surface area (Å²) >= 11 is 5.93. The van der Waals surface area contributed by atoms with Gasteiger partial charge in [-0.05, 0) is 30.3 Å². The van der Waals surface area contributed by atoms with Crippen LogP contribution < -0.4 is 5.32 Å². The van der Waals surface area contributed by atoms with E-state index in [1.807, 2.05) is 23.9 Å². The number of halogens is 2. The van der Waals surface area contributed by atoms with Crippen LogP contribution in [0, 0.1) is 5.82 Å². The monoisotopic (exact) mass is 305 g/mol. The molecular weight excluding hydrogens is 293 g/mol. The van der Waals surface area contributed by atoms with E-state index in [2.05, 4.69) is 10.3 Å². The number of hydrogen-bond donors (Lipinski definition) is 1. The number of nitrogens with one attached hydrogen (secondary N) is 1. The molecule has 0 saturated carbocycles. The average molecular weight is 306 g/mol. The summed E-state index contributed by atoms with van der Waals surface area (Å²) in [7, 11) is 1.87. The summed E-state index contributed by atoms with van der Waals surface area (Å²) in [6, 6.07) is 7.55. The van der Waals surface area contributed by atoms with Gasteiger partial charge in [-0.2, -0.15) is 0 Å². The molecule has 0 fully saturated rings. The van der Waals surface area contributed by atoms with E-state index < -0.39 is 6.04 Å². The zero-order valence-electron chi connectivity index (χ0n) is 11.3. The Hall–Kier alpha value is -2.27. The second-order valence-electron chi connectivity index (χ2n) is 4.61. The van der Waals surface area contributed by atoms with Crippen molar-refractivity contribution < 1.29 is 8.81 Å². The van der Waals surface area contributed by atoms with E-state index in [0.717, 1.165) is 0 Å². The minimum absolute atomic E-state index is 0.298. The molecule has 1 N–H and O–H groups in total. The molecule has 2 aromatic heterocycles. The summed E-state index contributed by atoms with van der Waals surface area (Å²) in [6.07, 6.45) is 5.07. The highest BCUT2D eigenvalue weighted by Gasteiger charge is 2.22. The van der Waals surface area contributed by atoms with Gasteiger partial charge in [-0.3, -0.25) is 0 Å². The van der Waals surface area contributed by atoms with Crippen LogP contribution in [0.4, 0.5) is 10.1 Å². The van der Waals surface area contributed by atoms with Crippen LogP contribution in [0.15, 0.2) is 53.4 Å². The van der Waals surface area contributed by atoms with Gasteiger partial charge in [-0.25, -0.2) is 9.37 Å². The molecule has 0 radical (unpaired) electrons. The topological polar surface area (TPSA) is 43.0 Å². The molecule has 108 valence electrons. The van der Waals surface area contributed by atoms with Gasteiger partial charge in [-0.1, -0.05) is 11.6 Å². The average Bonchev–Trinajstić information content (AvgIpc) is 3.11. The van der Waals surface area contributed by atoms with Crippen molar-refractivity contribution in [1.29, 1.82) is 0 Å². The molecule has 21 heavy (non-hydrogen) atoms. The quantitative estimate of drug-likeness (QED) is 0.792. The van der Waals surface area contributed by atoms with Gasteiger partial charge in [0.15, 0.2) is 0 Å². The van der Waals surface area contributed by atoms with Crippen molar-refractivity contribution in [2.75, 3.05) is 5.32 Å². The number of anilines is 1. The van der Waals surface area contributed by atoms with Crippen LogP contribution in [0.25, 0.3) is 0 Å². The Kier molecular flexibility index (Phi) is 3.66. The minimum atomic E-state index is -0.409. The molecule has 3 rings (SSSR count). The van der Waals surface area contributed by atoms with E-state index in [0.29, 0.717) is 22.3 Å². The number of nitrogens with zero attached hydrogens (tertiary/aromatic N) is 2. The number of imidazole rings is 1. The fourth-order valence-corrected chi connectivity index (χ4v) is 2.31. The Labute approximate surface area is 126 Å². The lowest BCUT2D eigenvalue weighted by Gasteiger charge is -2.18. The van der Waals surface area contributed by atoms with Crippen LogP contribution in [0.5, 0.6) is 0 Å². The lowest BCUT2D eigenvalue weighted by atomic mass is 10.2. The maximum atomic E-state index is 13.9. The lowest BCUT2D eigenvalue weighted by molar-refractivity contribution is 0.487. The number of furan rings is 1. The number of aryl methyl sites for hydroxylation is 1.